The van der Waals surface area contributed by atoms with Crippen LogP contribution in [0.4, 0.5) is 0 Å². The molecule has 15 heavy (non-hydrogen) atoms. The van der Waals surface area contributed by atoms with Gasteiger partial charge < -0.3 is 4.84 Å². The first-order chi connectivity index (χ1) is 7.29. The molecule has 3 nitrogen and oxygen atoms in total. The fourth-order valence-electron chi connectivity index (χ4n) is 1.45. The normalized spacial score (nSPS) is 19.2. The van der Waals surface area contributed by atoms with E-state index in [1.165, 1.54) is 0 Å². The van der Waals surface area contributed by atoms with E-state index in [2.05, 4.69) is 11.2 Å². The summed E-state index contributed by atoms with van der Waals surface area (Å²) < 4.78 is 0. The van der Waals surface area contributed by atoms with E-state index >= 15 is 0 Å². The Kier molecular flexibility index (Phi) is 2.89. The number of hydrogen-bond acceptors (Lipinski definition) is 3. The smallest absolute Gasteiger partial charge is 0.146 e. The molecule has 1 unspecified atom stereocenters. The molecule has 1 atom stereocenters. The third-order valence-corrected chi connectivity index (χ3v) is 2.48. The van der Waals surface area contributed by atoms with Gasteiger partial charge in [-0.15, -0.1) is 0 Å². The Morgan fingerprint density at radius 2 is 2.20 bits per heavy atom. The van der Waals surface area contributed by atoms with Crippen molar-refractivity contribution in [1.82, 2.24) is 0 Å². The largest absolute Gasteiger partial charge is 0.391 e. The van der Waals surface area contributed by atoms with E-state index in [-0.39, 0.29) is 6.10 Å². The molecule has 0 radical (unpaired) electrons. The number of nitriles is 1. The van der Waals surface area contributed by atoms with Crippen molar-refractivity contribution in [3.05, 3.63) is 34.9 Å². The minimum Gasteiger partial charge on any atom is -0.391 e. The van der Waals surface area contributed by atoms with Gasteiger partial charge in [0, 0.05) is 11.4 Å². The van der Waals surface area contributed by atoms with Gasteiger partial charge in [0.2, 0.25) is 0 Å². The summed E-state index contributed by atoms with van der Waals surface area (Å²) in [6, 6.07) is 9.51. The Balaban J connectivity index is 2.08. The lowest BCUT2D eigenvalue weighted by Gasteiger charge is -2.00. The number of hydrogen-bond donors (Lipinski definition) is 0. The van der Waals surface area contributed by atoms with Crippen molar-refractivity contribution in [1.29, 1.82) is 5.26 Å². The fraction of sp³-hybridized carbons (Fsp3) is 0.273. The summed E-state index contributed by atoms with van der Waals surface area (Å²) in [6.07, 6.45) is 0.969. The third kappa shape index (κ3) is 2.28. The number of oxime groups is 1. The highest BCUT2D eigenvalue weighted by Crippen LogP contribution is 2.19. The highest BCUT2D eigenvalue weighted by Gasteiger charge is 2.21. The second kappa shape index (κ2) is 4.33. The molecule has 0 amide bonds. The van der Waals surface area contributed by atoms with Crippen LogP contribution in [0, 0.1) is 11.3 Å². The van der Waals surface area contributed by atoms with Gasteiger partial charge in [-0.2, -0.15) is 5.26 Å². The van der Waals surface area contributed by atoms with Gasteiger partial charge in [-0.3, -0.25) is 0 Å². The van der Waals surface area contributed by atoms with Crippen molar-refractivity contribution in [2.75, 3.05) is 0 Å². The fourth-order valence-corrected chi connectivity index (χ4v) is 1.58. The first-order valence-electron chi connectivity index (χ1n) is 4.65. The molecule has 0 spiro atoms. The Bertz CT molecular complexity index is 419. The van der Waals surface area contributed by atoms with E-state index in [9.17, 15) is 0 Å². The Labute approximate surface area is 92.9 Å². The molecule has 1 aliphatic heterocycles. The Morgan fingerprint density at radius 1 is 1.47 bits per heavy atom. The Morgan fingerprint density at radius 3 is 2.87 bits per heavy atom. The van der Waals surface area contributed by atoms with Gasteiger partial charge in [0.25, 0.3) is 0 Å². The van der Waals surface area contributed by atoms with Crippen molar-refractivity contribution in [2.45, 2.75) is 18.9 Å². The molecule has 2 rings (SSSR count). The molecule has 0 aliphatic carbocycles. The van der Waals surface area contributed by atoms with Crippen molar-refractivity contribution in [2.24, 2.45) is 5.16 Å². The summed E-state index contributed by atoms with van der Waals surface area (Å²) in [4.78, 5) is 5.12. The van der Waals surface area contributed by atoms with Crippen LogP contribution >= 0.6 is 11.6 Å². The average Bonchev–Trinajstić information content (AvgIpc) is 2.68. The molecule has 0 saturated heterocycles. The van der Waals surface area contributed by atoms with E-state index in [1.807, 2.05) is 24.3 Å². The van der Waals surface area contributed by atoms with Crippen molar-refractivity contribution < 1.29 is 4.84 Å². The first kappa shape index (κ1) is 10.0. The molecule has 76 valence electrons. The van der Waals surface area contributed by atoms with E-state index in [4.69, 9.17) is 21.7 Å². The number of rotatable bonds is 2. The molecule has 0 N–H and O–H groups in total. The maximum atomic E-state index is 8.52. The van der Waals surface area contributed by atoms with Crippen LogP contribution in [0.15, 0.2) is 29.4 Å². The van der Waals surface area contributed by atoms with Crippen LogP contribution in [-0.2, 0) is 4.84 Å². The standard InChI is InChI=1S/C11H9ClN2O/c12-9-3-1-8(2-4-9)11-7-10(5-6-13)15-14-11/h1-4,10H,5,7H2. The van der Waals surface area contributed by atoms with E-state index in [0.29, 0.717) is 17.9 Å². The van der Waals surface area contributed by atoms with Gasteiger partial charge in [-0.05, 0) is 17.7 Å². The second-order valence-corrected chi connectivity index (χ2v) is 3.78. The van der Waals surface area contributed by atoms with Crippen LogP contribution in [-0.4, -0.2) is 11.8 Å². The molecule has 0 fully saturated rings. The van der Waals surface area contributed by atoms with Gasteiger partial charge in [0.1, 0.15) is 6.10 Å². The summed E-state index contributed by atoms with van der Waals surface area (Å²) in [7, 11) is 0. The van der Waals surface area contributed by atoms with Gasteiger partial charge in [-0.25, -0.2) is 0 Å². The number of nitrogens with zero attached hydrogens (tertiary/aromatic N) is 2. The van der Waals surface area contributed by atoms with Crippen molar-refractivity contribution in [3.8, 4) is 6.07 Å². The monoisotopic (exact) mass is 220 g/mol. The predicted octanol–water partition coefficient (Wildman–Crippen LogP) is 2.75. The zero-order chi connectivity index (χ0) is 10.7. The molecule has 1 heterocycles. The van der Waals surface area contributed by atoms with Gasteiger partial charge in [0.15, 0.2) is 0 Å². The lowest BCUT2D eigenvalue weighted by Crippen LogP contribution is -2.07. The van der Waals surface area contributed by atoms with Crippen molar-refractivity contribution >= 4 is 17.3 Å². The molecule has 4 heteroatoms. The van der Waals surface area contributed by atoms with Crippen LogP contribution < -0.4 is 0 Å². The second-order valence-electron chi connectivity index (χ2n) is 3.34. The summed E-state index contributed by atoms with van der Waals surface area (Å²) in [5.41, 5.74) is 1.88. The number of halogens is 1. The Hall–Kier alpha value is -1.53. The lowest BCUT2D eigenvalue weighted by molar-refractivity contribution is 0.0891. The predicted molar refractivity (Wildman–Crippen MR) is 57.7 cm³/mol. The minimum atomic E-state index is -0.0966. The van der Waals surface area contributed by atoms with Gasteiger partial charge in [0.05, 0.1) is 18.2 Å². The van der Waals surface area contributed by atoms with Crippen LogP contribution in [0.25, 0.3) is 0 Å². The van der Waals surface area contributed by atoms with Crippen LogP contribution in [0.5, 0.6) is 0 Å². The summed E-state index contributed by atoms with van der Waals surface area (Å²) in [6.45, 7) is 0. The SMILES string of the molecule is N#CCC1CC(c2ccc(Cl)cc2)=NO1. The minimum absolute atomic E-state index is 0.0966. The van der Waals surface area contributed by atoms with Gasteiger partial charge in [-0.1, -0.05) is 28.9 Å². The quantitative estimate of drug-likeness (QED) is 0.769. The summed E-state index contributed by atoms with van der Waals surface area (Å²) >= 11 is 5.78. The molecule has 0 saturated carbocycles. The first-order valence-corrected chi connectivity index (χ1v) is 5.03. The molecule has 1 aromatic rings. The lowest BCUT2D eigenvalue weighted by atomic mass is 10.0. The zero-order valence-electron chi connectivity index (χ0n) is 7.98. The maximum absolute atomic E-state index is 8.52. The average molecular weight is 221 g/mol. The summed E-state index contributed by atoms with van der Waals surface area (Å²) in [5.74, 6) is 0. The van der Waals surface area contributed by atoms with E-state index in [1.54, 1.807) is 0 Å². The number of benzene rings is 1. The molecule has 0 aromatic heterocycles. The topological polar surface area (TPSA) is 45.4 Å². The maximum Gasteiger partial charge on any atom is 0.146 e. The zero-order valence-corrected chi connectivity index (χ0v) is 8.74. The highest BCUT2D eigenvalue weighted by molar-refractivity contribution is 6.30. The van der Waals surface area contributed by atoms with Crippen LogP contribution in [0.3, 0.4) is 0 Å². The van der Waals surface area contributed by atoms with Crippen LogP contribution in [0.1, 0.15) is 18.4 Å². The van der Waals surface area contributed by atoms with Crippen LogP contribution in [0.2, 0.25) is 5.02 Å². The molecular formula is C11H9ClN2O. The van der Waals surface area contributed by atoms with E-state index < -0.39 is 0 Å². The van der Waals surface area contributed by atoms with E-state index in [0.717, 1.165) is 11.3 Å². The molecule has 0 bridgehead atoms. The third-order valence-electron chi connectivity index (χ3n) is 2.23. The van der Waals surface area contributed by atoms with Gasteiger partial charge >= 0.3 is 0 Å². The molecular weight excluding hydrogens is 212 g/mol. The molecule has 1 aromatic carbocycles. The highest BCUT2D eigenvalue weighted by atomic mass is 35.5. The van der Waals surface area contributed by atoms with Crippen molar-refractivity contribution in [3.63, 3.8) is 0 Å². The summed E-state index contributed by atoms with van der Waals surface area (Å²) in [5, 5.41) is 13.2. The molecule has 1 aliphatic rings.